The molecule has 40 heavy (non-hydrogen) atoms. The number of halogens is 6. The molecule has 2 atom stereocenters. The van der Waals surface area contributed by atoms with Crippen LogP contribution in [-0.2, 0) is 23.6 Å². The molecule has 0 spiro atoms. The van der Waals surface area contributed by atoms with Crippen LogP contribution < -0.4 is 9.47 Å². The van der Waals surface area contributed by atoms with Crippen molar-refractivity contribution in [1.29, 1.82) is 0 Å². The van der Waals surface area contributed by atoms with E-state index in [1.807, 2.05) is 0 Å². The first-order chi connectivity index (χ1) is 18.7. The van der Waals surface area contributed by atoms with E-state index < -0.39 is 34.7 Å². The largest absolute Gasteiger partial charge is 0.497 e. The first-order valence-electron chi connectivity index (χ1n) is 11.8. The molecule has 0 aromatic heterocycles. The fourth-order valence-electron chi connectivity index (χ4n) is 4.63. The molecule has 0 saturated heterocycles. The molecule has 4 aromatic carbocycles. The summed E-state index contributed by atoms with van der Waals surface area (Å²) in [5.41, 5.74) is -7.24. The fourth-order valence-corrected chi connectivity index (χ4v) is 4.63. The normalized spacial score (nSPS) is 15.2. The minimum Gasteiger partial charge on any atom is -0.497 e. The molecule has 4 rings (SSSR count). The molecule has 0 heterocycles. The molecule has 10 heteroatoms. The quantitative estimate of drug-likeness (QED) is 0.240. The van der Waals surface area contributed by atoms with Gasteiger partial charge >= 0.3 is 12.4 Å². The Labute approximate surface area is 226 Å². The second-order valence-corrected chi connectivity index (χ2v) is 9.03. The molecule has 210 valence electrons. The van der Waals surface area contributed by atoms with Gasteiger partial charge in [-0.15, -0.1) is 0 Å². The Kier molecular flexibility index (Phi) is 7.62. The molecule has 0 bridgehead atoms. The highest BCUT2D eigenvalue weighted by Gasteiger charge is 2.54. The zero-order valence-corrected chi connectivity index (χ0v) is 21.2. The standard InChI is InChI=1S/C30H24F6O4/c1-39-25-15-11-21(12-16-25)27(37,19-3-7-23(8-4-19)29(31,32)33)28(38,22-13-17-26(40-2)18-14-22)20-5-9-24(10-6-20)30(34,35)36/h3-18,37-38H,1-2H3. The number of hydrogen-bond acceptors (Lipinski definition) is 4. The van der Waals surface area contributed by atoms with E-state index in [0.29, 0.717) is 11.5 Å². The minimum atomic E-state index is -4.67. The summed E-state index contributed by atoms with van der Waals surface area (Å²) >= 11 is 0. The summed E-state index contributed by atoms with van der Waals surface area (Å²) in [6.07, 6.45) is -9.34. The Morgan fingerprint density at radius 1 is 0.400 bits per heavy atom. The topological polar surface area (TPSA) is 58.9 Å². The van der Waals surface area contributed by atoms with Crippen LogP contribution in [0.5, 0.6) is 11.5 Å². The Balaban J connectivity index is 2.05. The molecule has 0 fully saturated rings. The van der Waals surface area contributed by atoms with Crippen molar-refractivity contribution in [3.05, 3.63) is 130 Å². The summed E-state index contributed by atoms with van der Waals surface area (Å²) in [6, 6.07) is 18.7. The Hall–Kier alpha value is -4.02. The highest BCUT2D eigenvalue weighted by molar-refractivity contribution is 5.52. The third kappa shape index (κ3) is 5.12. The highest BCUT2D eigenvalue weighted by atomic mass is 19.4. The SMILES string of the molecule is COc1ccc(C(O)(c2ccc(C(F)(F)F)cc2)C(O)(c2ccc(OC)cc2)c2ccc(C(F)(F)F)cc2)cc1. The molecular formula is C30H24F6O4. The van der Waals surface area contributed by atoms with Crippen molar-refractivity contribution in [3.63, 3.8) is 0 Å². The average Bonchev–Trinajstić information content (AvgIpc) is 2.95. The first-order valence-corrected chi connectivity index (χ1v) is 11.8. The van der Waals surface area contributed by atoms with Crippen LogP contribution in [0.4, 0.5) is 26.3 Å². The van der Waals surface area contributed by atoms with E-state index in [1.165, 1.54) is 62.8 Å². The zero-order valence-electron chi connectivity index (χ0n) is 21.2. The lowest BCUT2D eigenvalue weighted by Gasteiger charge is -2.45. The smallest absolute Gasteiger partial charge is 0.416 e. The number of rotatable bonds is 7. The van der Waals surface area contributed by atoms with Crippen LogP contribution >= 0.6 is 0 Å². The fraction of sp³-hybridized carbons (Fsp3) is 0.200. The summed E-state index contributed by atoms with van der Waals surface area (Å²) < 4.78 is 90.5. The number of aliphatic hydroxyl groups is 2. The summed E-state index contributed by atoms with van der Waals surface area (Å²) in [6.45, 7) is 0. The molecular weight excluding hydrogens is 538 g/mol. The van der Waals surface area contributed by atoms with Gasteiger partial charge in [-0.05, 0) is 70.8 Å². The maximum atomic E-state index is 13.4. The second kappa shape index (κ2) is 10.5. The van der Waals surface area contributed by atoms with Crippen molar-refractivity contribution >= 4 is 0 Å². The van der Waals surface area contributed by atoms with Crippen molar-refractivity contribution in [2.45, 2.75) is 23.6 Å². The van der Waals surface area contributed by atoms with Gasteiger partial charge < -0.3 is 19.7 Å². The van der Waals surface area contributed by atoms with Crippen LogP contribution in [-0.4, -0.2) is 24.4 Å². The predicted molar refractivity (Wildman–Crippen MR) is 135 cm³/mol. The van der Waals surface area contributed by atoms with Gasteiger partial charge in [0.2, 0.25) is 0 Å². The molecule has 0 aliphatic rings. The van der Waals surface area contributed by atoms with Crippen LogP contribution in [0.2, 0.25) is 0 Å². The van der Waals surface area contributed by atoms with Gasteiger partial charge in [-0.2, -0.15) is 26.3 Å². The molecule has 2 N–H and O–H groups in total. The highest BCUT2D eigenvalue weighted by Crippen LogP contribution is 2.51. The van der Waals surface area contributed by atoms with Crippen molar-refractivity contribution in [1.82, 2.24) is 0 Å². The van der Waals surface area contributed by atoms with Gasteiger partial charge in [0.25, 0.3) is 0 Å². The molecule has 0 aliphatic heterocycles. The van der Waals surface area contributed by atoms with Gasteiger partial charge in [0.1, 0.15) is 11.5 Å². The molecule has 4 aromatic rings. The zero-order chi connectivity index (χ0) is 29.3. The van der Waals surface area contributed by atoms with Gasteiger partial charge in [-0.3, -0.25) is 0 Å². The minimum absolute atomic E-state index is 0.0336. The maximum absolute atomic E-state index is 13.4. The third-order valence-electron chi connectivity index (χ3n) is 6.80. The van der Waals surface area contributed by atoms with E-state index in [-0.39, 0.29) is 22.3 Å². The lowest BCUT2D eigenvalue weighted by molar-refractivity contribution is -0.138. The second-order valence-electron chi connectivity index (χ2n) is 9.03. The maximum Gasteiger partial charge on any atom is 0.416 e. The van der Waals surface area contributed by atoms with Gasteiger partial charge in [0, 0.05) is 0 Å². The number of alkyl halides is 6. The van der Waals surface area contributed by atoms with Crippen molar-refractivity contribution in [3.8, 4) is 11.5 Å². The first kappa shape index (κ1) is 29.0. The van der Waals surface area contributed by atoms with Gasteiger partial charge in [0.15, 0.2) is 11.2 Å². The van der Waals surface area contributed by atoms with E-state index in [1.54, 1.807) is 0 Å². The lowest BCUT2D eigenvalue weighted by atomic mass is 9.66. The van der Waals surface area contributed by atoms with E-state index in [0.717, 1.165) is 48.5 Å². The molecule has 4 nitrogen and oxygen atoms in total. The number of benzene rings is 4. The van der Waals surface area contributed by atoms with E-state index in [4.69, 9.17) is 9.47 Å². The summed E-state index contributed by atoms with van der Waals surface area (Å²) in [5.74, 6) is 0.780. The van der Waals surface area contributed by atoms with Crippen LogP contribution in [0.25, 0.3) is 0 Å². The lowest BCUT2D eigenvalue weighted by Crippen LogP contribution is -2.51. The number of hydrogen-bond donors (Lipinski definition) is 2. The summed E-state index contributed by atoms with van der Waals surface area (Å²) in [4.78, 5) is 0. The monoisotopic (exact) mass is 562 g/mol. The van der Waals surface area contributed by atoms with E-state index >= 15 is 0 Å². The van der Waals surface area contributed by atoms with E-state index in [9.17, 15) is 36.6 Å². The number of ether oxygens (including phenoxy) is 2. The van der Waals surface area contributed by atoms with Gasteiger partial charge in [-0.1, -0.05) is 48.5 Å². The average molecular weight is 563 g/mol. The molecule has 2 unspecified atom stereocenters. The third-order valence-corrected chi connectivity index (χ3v) is 6.80. The van der Waals surface area contributed by atoms with Crippen molar-refractivity contribution < 1.29 is 46.0 Å². The van der Waals surface area contributed by atoms with Crippen LogP contribution in [0.1, 0.15) is 33.4 Å². The molecule has 0 saturated carbocycles. The van der Waals surface area contributed by atoms with Crippen molar-refractivity contribution in [2.75, 3.05) is 14.2 Å². The van der Waals surface area contributed by atoms with Gasteiger partial charge in [-0.25, -0.2) is 0 Å². The summed E-state index contributed by atoms with van der Waals surface area (Å²) in [5, 5.41) is 25.1. The Morgan fingerprint density at radius 2 is 0.600 bits per heavy atom. The van der Waals surface area contributed by atoms with Crippen LogP contribution in [0.3, 0.4) is 0 Å². The predicted octanol–water partition coefficient (Wildman–Crippen LogP) is 6.91. The Bertz CT molecular complexity index is 1320. The van der Waals surface area contributed by atoms with E-state index in [2.05, 4.69) is 0 Å². The Morgan fingerprint density at radius 3 is 0.800 bits per heavy atom. The van der Waals surface area contributed by atoms with Gasteiger partial charge in [0.05, 0.1) is 25.3 Å². The molecule has 0 amide bonds. The van der Waals surface area contributed by atoms with Crippen molar-refractivity contribution in [2.24, 2.45) is 0 Å². The molecule has 0 aliphatic carbocycles. The summed E-state index contributed by atoms with van der Waals surface area (Å²) in [7, 11) is 2.82. The molecule has 0 radical (unpaired) electrons. The van der Waals surface area contributed by atoms with Crippen LogP contribution in [0, 0.1) is 0 Å². The number of methoxy groups -OCH3 is 2. The van der Waals surface area contributed by atoms with Crippen LogP contribution in [0.15, 0.2) is 97.1 Å².